The molecule has 0 aliphatic carbocycles. The Morgan fingerprint density at radius 2 is 1.78 bits per heavy atom. The summed E-state index contributed by atoms with van der Waals surface area (Å²) in [6.07, 6.45) is 1.63. The quantitative estimate of drug-likeness (QED) is 0.323. The number of benzene rings is 3. The molecule has 0 aliphatic rings. The summed E-state index contributed by atoms with van der Waals surface area (Å²) < 4.78 is 0. The van der Waals surface area contributed by atoms with Crippen molar-refractivity contribution in [2.24, 2.45) is 5.10 Å². The first-order valence-electron chi connectivity index (χ1n) is 9.87. The number of hydrazone groups is 1. The fourth-order valence-corrected chi connectivity index (χ4v) is 3.31. The van der Waals surface area contributed by atoms with Crippen LogP contribution in [0.5, 0.6) is 0 Å². The predicted octanol–water partition coefficient (Wildman–Crippen LogP) is 3.91. The SMILES string of the molecule is N#Cc1c(-c2ccccc2)nc(NN=Cc2ccccc2-c2cccc(CO)c2)[nH]c1=O. The molecule has 0 fully saturated rings. The van der Waals surface area contributed by atoms with Crippen molar-refractivity contribution >= 4 is 12.2 Å². The number of aliphatic hydroxyl groups excluding tert-OH is 1. The predicted molar refractivity (Wildman–Crippen MR) is 124 cm³/mol. The van der Waals surface area contributed by atoms with Crippen molar-refractivity contribution in [2.45, 2.75) is 6.61 Å². The molecule has 7 nitrogen and oxygen atoms in total. The third-order valence-electron chi connectivity index (χ3n) is 4.83. The van der Waals surface area contributed by atoms with Gasteiger partial charge in [-0.25, -0.2) is 10.4 Å². The van der Waals surface area contributed by atoms with Gasteiger partial charge in [-0.3, -0.25) is 9.78 Å². The standard InChI is InChI=1S/C25H19N5O2/c26-14-22-23(18-8-2-1-3-9-18)28-25(29-24(22)32)30-27-15-20-10-4-5-12-21(20)19-11-6-7-17(13-19)16-31/h1-13,15,31H,16H2,(H2,28,29,30,32). The summed E-state index contributed by atoms with van der Waals surface area (Å²) in [6, 6.07) is 26.3. The number of rotatable bonds is 6. The lowest BCUT2D eigenvalue weighted by atomic mass is 9.99. The molecule has 0 atom stereocenters. The maximum Gasteiger partial charge on any atom is 0.270 e. The second kappa shape index (κ2) is 9.51. The van der Waals surface area contributed by atoms with E-state index in [0.717, 1.165) is 22.3 Å². The molecule has 4 rings (SSSR count). The molecule has 0 radical (unpaired) electrons. The van der Waals surface area contributed by atoms with E-state index in [0.29, 0.717) is 5.56 Å². The molecule has 3 aromatic carbocycles. The van der Waals surface area contributed by atoms with E-state index >= 15 is 0 Å². The van der Waals surface area contributed by atoms with Crippen molar-refractivity contribution in [1.29, 1.82) is 5.26 Å². The average molecular weight is 421 g/mol. The number of nitrogens with zero attached hydrogens (tertiary/aromatic N) is 3. The largest absolute Gasteiger partial charge is 0.392 e. The molecule has 0 bridgehead atoms. The van der Waals surface area contributed by atoms with Crippen LogP contribution in [0.3, 0.4) is 0 Å². The molecule has 0 saturated heterocycles. The summed E-state index contributed by atoms with van der Waals surface area (Å²) in [7, 11) is 0. The topological polar surface area (TPSA) is 114 Å². The second-order valence-corrected chi connectivity index (χ2v) is 6.93. The zero-order valence-corrected chi connectivity index (χ0v) is 17.0. The highest BCUT2D eigenvalue weighted by Crippen LogP contribution is 2.24. The Balaban J connectivity index is 1.64. The first-order chi connectivity index (χ1) is 15.7. The number of H-pyrrole nitrogens is 1. The minimum absolute atomic E-state index is 0.0346. The summed E-state index contributed by atoms with van der Waals surface area (Å²) in [4.78, 5) is 19.3. The molecule has 1 heterocycles. The molecule has 0 spiro atoms. The molecule has 156 valence electrons. The van der Waals surface area contributed by atoms with Crippen molar-refractivity contribution < 1.29 is 5.11 Å². The number of nitrogens with one attached hydrogen (secondary N) is 2. The van der Waals surface area contributed by atoms with E-state index in [2.05, 4.69) is 20.5 Å². The van der Waals surface area contributed by atoms with Crippen LogP contribution in [-0.2, 0) is 6.61 Å². The van der Waals surface area contributed by atoms with Gasteiger partial charge in [0.05, 0.1) is 18.5 Å². The van der Waals surface area contributed by atoms with Crippen LogP contribution in [0.1, 0.15) is 16.7 Å². The Labute approximate surface area is 184 Å². The van der Waals surface area contributed by atoms with Crippen molar-refractivity contribution in [3.8, 4) is 28.5 Å². The summed E-state index contributed by atoms with van der Waals surface area (Å²) >= 11 is 0. The smallest absolute Gasteiger partial charge is 0.270 e. The first kappa shape index (κ1) is 20.7. The normalized spacial score (nSPS) is 10.8. The van der Waals surface area contributed by atoms with Crippen molar-refractivity contribution in [2.75, 3.05) is 5.43 Å². The molecule has 0 saturated carbocycles. The maximum atomic E-state index is 12.4. The van der Waals surface area contributed by atoms with Gasteiger partial charge in [0.25, 0.3) is 5.56 Å². The van der Waals surface area contributed by atoms with Gasteiger partial charge in [-0.2, -0.15) is 10.4 Å². The summed E-state index contributed by atoms with van der Waals surface area (Å²) in [5.41, 5.74) is 6.66. The molecule has 7 heteroatoms. The van der Waals surface area contributed by atoms with Gasteiger partial charge in [0.1, 0.15) is 11.6 Å². The molecule has 1 aromatic heterocycles. The zero-order chi connectivity index (χ0) is 22.3. The lowest BCUT2D eigenvalue weighted by Gasteiger charge is -2.08. The van der Waals surface area contributed by atoms with E-state index in [-0.39, 0.29) is 23.8 Å². The van der Waals surface area contributed by atoms with Crippen LogP contribution in [0.2, 0.25) is 0 Å². The lowest BCUT2D eigenvalue weighted by molar-refractivity contribution is 0.282. The van der Waals surface area contributed by atoms with Gasteiger partial charge in [0.15, 0.2) is 0 Å². The fraction of sp³-hybridized carbons (Fsp3) is 0.0400. The summed E-state index contributed by atoms with van der Waals surface area (Å²) in [5, 5.41) is 23.0. The number of nitriles is 1. The van der Waals surface area contributed by atoms with E-state index < -0.39 is 5.56 Å². The van der Waals surface area contributed by atoms with Gasteiger partial charge in [-0.15, -0.1) is 0 Å². The van der Waals surface area contributed by atoms with Crippen LogP contribution in [-0.4, -0.2) is 21.3 Å². The van der Waals surface area contributed by atoms with Crippen LogP contribution < -0.4 is 11.0 Å². The molecule has 0 aliphatic heterocycles. The van der Waals surface area contributed by atoms with E-state index in [1.807, 2.05) is 72.8 Å². The van der Waals surface area contributed by atoms with Gasteiger partial charge >= 0.3 is 0 Å². The highest BCUT2D eigenvalue weighted by Gasteiger charge is 2.13. The Hall–Kier alpha value is -4.54. The molecule has 32 heavy (non-hydrogen) atoms. The Kier molecular flexibility index (Phi) is 6.16. The van der Waals surface area contributed by atoms with Crippen molar-refractivity contribution in [3.05, 3.63) is 106 Å². The van der Waals surface area contributed by atoms with Crippen molar-refractivity contribution in [3.63, 3.8) is 0 Å². The fourth-order valence-electron chi connectivity index (χ4n) is 3.31. The molecule has 4 aromatic rings. The molecule has 0 unspecified atom stereocenters. The first-order valence-corrected chi connectivity index (χ1v) is 9.87. The second-order valence-electron chi connectivity index (χ2n) is 6.93. The number of anilines is 1. The number of hydrogen-bond donors (Lipinski definition) is 3. The molecular formula is C25H19N5O2. The Morgan fingerprint density at radius 1 is 1.03 bits per heavy atom. The summed E-state index contributed by atoms with van der Waals surface area (Å²) in [5.74, 6) is 0.129. The third kappa shape index (κ3) is 4.46. The van der Waals surface area contributed by atoms with E-state index in [1.54, 1.807) is 18.3 Å². The molecule has 0 amide bonds. The van der Waals surface area contributed by atoms with Crippen LogP contribution in [0.4, 0.5) is 5.95 Å². The maximum absolute atomic E-state index is 12.4. The number of aromatic nitrogens is 2. The molecular weight excluding hydrogens is 402 g/mol. The highest BCUT2D eigenvalue weighted by molar-refractivity contribution is 5.90. The Bertz CT molecular complexity index is 1370. The van der Waals surface area contributed by atoms with E-state index in [1.165, 1.54) is 0 Å². The van der Waals surface area contributed by atoms with Crippen LogP contribution >= 0.6 is 0 Å². The van der Waals surface area contributed by atoms with Crippen LogP contribution in [0.15, 0.2) is 88.8 Å². The van der Waals surface area contributed by atoms with Gasteiger partial charge in [0.2, 0.25) is 5.95 Å². The monoisotopic (exact) mass is 421 g/mol. The number of hydrogen-bond acceptors (Lipinski definition) is 6. The Morgan fingerprint density at radius 3 is 2.56 bits per heavy atom. The van der Waals surface area contributed by atoms with E-state index in [4.69, 9.17) is 0 Å². The third-order valence-corrected chi connectivity index (χ3v) is 4.83. The number of aliphatic hydroxyl groups is 1. The van der Waals surface area contributed by atoms with Gasteiger partial charge < -0.3 is 5.11 Å². The van der Waals surface area contributed by atoms with Gasteiger partial charge in [0, 0.05) is 11.1 Å². The minimum Gasteiger partial charge on any atom is -0.392 e. The van der Waals surface area contributed by atoms with Crippen molar-refractivity contribution in [1.82, 2.24) is 9.97 Å². The van der Waals surface area contributed by atoms with Crippen LogP contribution in [0, 0.1) is 11.3 Å². The number of aromatic amines is 1. The highest BCUT2D eigenvalue weighted by atomic mass is 16.3. The summed E-state index contributed by atoms with van der Waals surface area (Å²) in [6.45, 7) is -0.0346. The van der Waals surface area contributed by atoms with E-state index in [9.17, 15) is 15.2 Å². The van der Waals surface area contributed by atoms with Crippen LogP contribution in [0.25, 0.3) is 22.4 Å². The van der Waals surface area contributed by atoms with Gasteiger partial charge in [-0.05, 0) is 22.8 Å². The lowest BCUT2D eigenvalue weighted by Crippen LogP contribution is -2.16. The minimum atomic E-state index is -0.541. The average Bonchev–Trinajstić information content (AvgIpc) is 2.84. The zero-order valence-electron chi connectivity index (χ0n) is 17.0. The molecule has 3 N–H and O–H groups in total. The van der Waals surface area contributed by atoms with Gasteiger partial charge in [-0.1, -0.05) is 72.8 Å².